The number of carbonyl (C=O) groups is 1. The van der Waals surface area contributed by atoms with Crippen molar-refractivity contribution in [2.75, 3.05) is 54.1 Å². The maximum absolute atomic E-state index is 12.7. The van der Waals surface area contributed by atoms with Gasteiger partial charge in [0, 0.05) is 13.0 Å². The van der Waals surface area contributed by atoms with Gasteiger partial charge in [-0.25, -0.2) is 4.57 Å². The van der Waals surface area contributed by atoms with Crippen LogP contribution in [0.1, 0.15) is 168 Å². The van der Waals surface area contributed by atoms with Gasteiger partial charge in [-0.05, 0) is 44.9 Å². The van der Waals surface area contributed by atoms with Crippen LogP contribution in [0.3, 0.4) is 0 Å². The number of hydrogen-bond donors (Lipinski definition) is 1. The third-order valence-electron chi connectivity index (χ3n) is 9.63. The first-order valence-corrected chi connectivity index (χ1v) is 23.4. The Labute approximate surface area is 331 Å². The van der Waals surface area contributed by atoms with Crippen molar-refractivity contribution < 1.29 is 42.0 Å². The lowest BCUT2D eigenvalue weighted by Crippen LogP contribution is -2.37. The smallest absolute Gasteiger partial charge is 0.457 e. The van der Waals surface area contributed by atoms with Crippen LogP contribution in [0, 0.1) is 0 Å². The van der Waals surface area contributed by atoms with Gasteiger partial charge in [0.05, 0.1) is 46.6 Å². The average Bonchev–Trinajstić information content (AvgIpc) is 3.87. The van der Waals surface area contributed by atoms with E-state index in [1.54, 1.807) is 0 Å². The average molecular weight is 785 g/mol. The van der Waals surface area contributed by atoms with Gasteiger partial charge in [-0.1, -0.05) is 153 Å². The SMILES string of the molecule is CCCCCCCCCCCCCCCCOCC(COP(=O)(O)OCC[N+](C)(C)C)OC(=O)CCC/C=C\C/C=C\C/C=C\CC1OC1CCCCC. The lowest BCUT2D eigenvalue weighted by atomic mass is 10.0. The van der Waals surface area contributed by atoms with E-state index in [2.05, 4.69) is 50.3 Å². The minimum atomic E-state index is -4.29. The molecular weight excluding hydrogens is 701 g/mol. The zero-order valence-corrected chi connectivity index (χ0v) is 36.3. The second kappa shape index (κ2) is 33.8. The number of rotatable bonds is 39. The number of quaternary nitrogens is 1. The van der Waals surface area contributed by atoms with Crippen molar-refractivity contribution in [3.63, 3.8) is 0 Å². The van der Waals surface area contributed by atoms with Crippen LogP contribution in [0.5, 0.6) is 0 Å². The lowest BCUT2D eigenvalue weighted by molar-refractivity contribution is -0.870. The number of epoxide rings is 1. The molecule has 0 spiro atoms. The van der Waals surface area contributed by atoms with Crippen molar-refractivity contribution in [3.05, 3.63) is 36.5 Å². The molecule has 0 aromatic heterocycles. The molecule has 0 radical (unpaired) electrons. The van der Waals surface area contributed by atoms with Gasteiger partial charge in [0.15, 0.2) is 0 Å². The van der Waals surface area contributed by atoms with E-state index in [1.807, 2.05) is 21.1 Å². The number of phosphoric acid groups is 1. The molecule has 0 aromatic rings. The second-order valence-electron chi connectivity index (χ2n) is 16.1. The summed E-state index contributed by atoms with van der Waals surface area (Å²) in [5.74, 6) is -0.369. The Morgan fingerprint density at radius 3 is 1.85 bits per heavy atom. The van der Waals surface area contributed by atoms with Gasteiger partial charge >= 0.3 is 13.8 Å². The van der Waals surface area contributed by atoms with Crippen molar-refractivity contribution in [1.82, 2.24) is 0 Å². The largest absolute Gasteiger partial charge is 0.472 e. The van der Waals surface area contributed by atoms with Gasteiger partial charge < -0.3 is 23.6 Å². The maximum atomic E-state index is 12.7. The predicted molar refractivity (Wildman–Crippen MR) is 224 cm³/mol. The molecule has 1 aliphatic rings. The van der Waals surface area contributed by atoms with Crippen LogP contribution in [0.25, 0.3) is 0 Å². The molecule has 0 aromatic carbocycles. The summed E-state index contributed by atoms with van der Waals surface area (Å²) in [7, 11) is 1.63. The summed E-state index contributed by atoms with van der Waals surface area (Å²) in [5, 5.41) is 0. The van der Waals surface area contributed by atoms with Crippen LogP contribution in [-0.2, 0) is 32.6 Å². The molecule has 0 amide bonds. The van der Waals surface area contributed by atoms with Gasteiger partial charge in [-0.15, -0.1) is 0 Å². The number of likely N-dealkylation sites (N-methyl/N-ethyl adjacent to an activating group) is 1. The van der Waals surface area contributed by atoms with Crippen LogP contribution in [-0.4, -0.2) is 87.8 Å². The fraction of sp³-hybridized carbons (Fsp3) is 0.841. The zero-order chi connectivity index (χ0) is 39.6. The molecule has 4 atom stereocenters. The van der Waals surface area contributed by atoms with Crippen molar-refractivity contribution >= 4 is 13.8 Å². The fourth-order valence-electron chi connectivity index (χ4n) is 6.11. The van der Waals surface area contributed by atoms with Gasteiger partial charge in [0.2, 0.25) is 0 Å². The van der Waals surface area contributed by atoms with E-state index >= 15 is 0 Å². The lowest BCUT2D eigenvalue weighted by Gasteiger charge is -2.24. The van der Waals surface area contributed by atoms with Crippen LogP contribution >= 0.6 is 7.82 Å². The summed E-state index contributed by atoms with van der Waals surface area (Å²) in [6.07, 6.45) is 40.7. The highest BCUT2D eigenvalue weighted by Gasteiger charge is 2.36. The molecule has 316 valence electrons. The molecule has 1 aliphatic heterocycles. The molecule has 1 N–H and O–H groups in total. The highest BCUT2D eigenvalue weighted by molar-refractivity contribution is 7.47. The third-order valence-corrected chi connectivity index (χ3v) is 10.6. The molecule has 1 rings (SSSR count). The predicted octanol–water partition coefficient (Wildman–Crippen LogP) is 11.6. The van der Waals surface area contributed by atoms with E-state index in [4.69, 9.17) is 23.3 Å². The van der Waals surface area contributed by atoms with E-state index < -0.39 is 13.9 Å². The first-order chi connectivity index (χ1) is 26.1. The monoisotopic (exact) mass is 785 g/mol. The fourth-order valence-corrected chi connectivity index (χ4v) is 6.85. The summed E-state index contributed by atoms with van der Waals surface area (Å²) in [6, 6.07) is 0. The topological polar surface area (TPSA) is 104 Å². The number of phosphoric ester groups is 1. The highest BCUT2D eigenvalue weighted by Crippen LogP contribution is 2.43. The quantitative estimate of drug-likeness (QED) is 0.0164. The Morgan fingerprint density at radius 1 is 0.685 bits per heavy atom. The van der Waals surface area contributed by atoms with Crippen LogP contribution < -0.4 is 0 Å². The molecule has 54 heavy (non-hydrogen) atoms. The Morgan fingerprint density at radius 2 is 1.24 bits per heavy atom. The minimum Gasteiger partial charge on any atom is -0.457 e. The van der Waals surface area contributed by atoms with Gasteiger partial charge in [-0.2, -0.15) is 0 Å². The van der Waals surface area contributed by atoms with Crippen molar-refractivity contribution in [2.45, 2.75) is 186 Å². The first-order valence-electron chi connectivity index (χ1n) is 21.9. The molecule has 1 saturated heterocycles. The maximum Gasteiger partial charge on any atom is 0.472 e. The van der Waals surface area contributed by atoms with Crippen molar-refractivity contribution in [1.29, 1.82) is 0 Å². The Bertz CT molecular complexity index is 1030. The molecule has 4 unspecified atom stereocenters. The van der Waals surface area contributed by atoms with Gasteiger partial charge in [0.1, 0.15) is 19.3 Å². The third kappa shape index (κ3) is 34.0. The number of carbonyl (C=O) groups excluding carboxylic acids is 1. The molecule has 9 nitrogen and oxygen atoms in total. The second-order valence-corrected chi connectivity index (χ2v) is 17.6. The van der Waals surface area contributed by atoms with E-state index in [9.17, 15) is 14.3 Å². The number of hydrogen-bond acceptors (Lipinski definition) is 7. The van der Waals surface area contributed by atoms with Crippen molar-refractivity contribution in [3.8, 4) is 0 Å². The summed E-state index contributed by atoms with van der Waals surface area (Å²) in [5.41, 5.74) is 0. The van der Waals surface area contributed by atoms with Crippen LogP contribution in [0.4, 0.5) is 0 Å². The number of allylic oxidation sites excluding steroid dienone is 5. The molecule has 10 heteroatoms. The highest BCUT2D eigenvalue weighted by atomic mass is 31.2. The molecule has 1 fully saturated rings. The number of ether oxygens (including phenoxy) is 3. The number of unbranched alkanes of at least 4 members (excludes halogenated alkanes) is 16. The molecule has 1 heterocycles. The number of nitrogens with zero attached hydrogens (tertiary/aromatic N) is 1. The molecular formula is C44H83NO8P+. The number of esters is 1. The zero-order valence-electron chi connectivity index (χ0n) is 35.4. The molecule has 0 aliphatic carbocycles. The van der Waals surface area contributed by atoms with Crippen LogP contribution in [0.15, 0.2) is 36.5 Å². The Hall–Kier alpha value is -1.32. The normalized spacial score (nSPS) is 17.9. The summed E-state index contributed by atoms with van der Waals surface area (Å²) in [6.45, 7) is 5.52. The van der Waals surface area contributed by atoms with E-state index in [0.29, 0.717) is 36.3 Å². The van der Waals surface area contributed by atoms with Gasteiger partial charge in [-0.3, -0.25) is 13.8 Å². The van der Waals surface area contributed by atoms with Gasteiger partial charge in [0.25, 0.3) is 0 Å². The van der Waals surface area contributed by atoms with E-state index in [0.717, 1.165) is 38.5 Å². The summed E-state index contributed by atoms with van der Waals surface area (Å²) in [4.78, 5) is 22.9. The Kier molecular flexibility index (Phi) is 31.7. The van der Waals surface area contributed by atoms with E-state index in [-0.39, 0.29) is 32.2 Å². The van der Waals surface area contributed by atoms with Crippen molar-refractivity contribution in [2.24, 2.45) is 0 Å². The summed E-state index contributed by atoms with van der Waals surface area (Å²) >= 11 is 0. The first kappa shape index (κ1) is 50.7. The molecule has 0 bridgehead atoms. The minimum absolute atomic E-state index is 0.0770. The summed E-state index contributed by atoms with van der Waals surface area (Å²) < 4.78 is 40.7. The standard InChI is InChI=1S/C44H82NO8P/c1-6-8-10-11-12-13-14-15-16-19-22-25-28-32-37-49-39-41(40-51-54(47,48)50-38-36-45(3,4)5)52-44(46)35-31-27-24-21-18-17-20-23-26-30-34-43-42(53-43)33-29-9-7-2/h17,20-21,24,26,30,41-43H,6-16,18-19,22-23,25,27-29,31-40H2,1-5H3/p+1/b20-17-,24-21-,30-26-. The Balaban J connectivity index is 2.26. The van der Waals surface area contributed by atoms with E-state index in [1.165, 1.54) is 103 Å². The molecule has 0 saturated carbocycles. The van der Waals surface area contributed by atoms with Crippen LogP contribution in [0.2, 0.25) is 0 Å².